The molecule has 0 aliphatic heterocycles. The zero-order chi connectivity index (χ0) is 24.8. The standard InChI is InChI=1S/C25H26ClF2NO4S/c1-3-4-14-9-20(26)23(13-19(14)24(30)29-17-7-8-21(27)22(28)12-17)34(32,33)18-10-15-5-6-16(11-18)25(15,2)31/h3,7-9,12-13,15-16,18,31H,1,4-6,10-11H2,2H3,(H,29,30)/t15-,16?,18?,25?/m1/s1. The molecule has 0 heterocycles. The van der Waals surface area contributed by atoms with Crippen LogP contribution in [0.2, 0.25) is 5.02 Å². The number of aliphatic hydroxyl groups is 1. The van der Waals surface area contributed by atoms with E-state index in [1.807, 2.05) is 0 Å². The van der Waals surface area contributed by atoms with Crippen molar-refractivity contribution in [2.24, 2.45) is 11.8 Å². The maximum absolute atomic E-state index is 13.6. The highest BCUT2D eigenvalue weighted by molar-refractivity contribution is 7.92. The first-order valence-electron chi connectivity index (χ1n) is 11.1. The molecule has 2 aromatic rings. The molecule has 0 saturated heterocycles. The first-order chi connectivity index (χ1) is 15.9. The molecular formula is C25H26ClF2NO4S. The lowest BCUT2D eigenvalue weighted by Crippen LogP contribution is -2.45. The fourth-order valence-corrected chi connectivity index (χ4v) is 7.77. The van der Waals surface area contributed by atoms with Crippen LogP contribution in [0.4, 0.5) is 14.5 Å². The van der Waals surface area contributed by atoms with E-state index in [-0.39, 0.29) is 39.4 Å². The fraction of sp³-hybridized carbons (Fsp3) is 0.400. The highest BCUT2D eigenvalue weighted by Gasteiger charge is 2.53. The molecule has 0 radical (unpaired) electrons. The normalized spacial score (nSPS) is 26.3. The molecule has 2 fully saturated rings. The van der Waals surface area contributed by atoms with Gasteiger partial charge in [-0.05, 0) is 80.7 Å². The van der Waals surface area contributed by atoms with Crippen molar-refractivity contribution in [1.29, 1.82) is 0 Å². The van der Waals surface area contributed by atoms with E-state index < -0.39 is 38.2 Å². The maximum Gasteiger partial charge on any atom is 0.255 e. The van der Waals surface area contributed by atoms with Crippen LogP contribution in [0.3, 0.4) is 0 Å². The Balaban J connectivity index is 1.70. The van der Waals surface area contributed by atoms with E-state index >= 15 is 0 Å². The molecule has 5 nitrogen and oxygen atoms in total. The molecular weight excluding hydrogens is 484 g/mol. The van der Waals surface area contributed by atoms with E-state index in [1.54, 1.807) is 13.0 Å². The van der Waals surface area contributed by atoms with Crippen molar-refractivity contribution in [3.8, 4) is 0 Å². The number of carbonyl (C=O) groups excluding carboxylic acids is 1. The molecule has 2 aliphatic carbocycles. The van der Waals surface area contributed by atoms with Gasteiger partial charge in [-0.3, -0.25) is 4.79 Å². The third-order valence-corrected chi connectivity index (χ3v) is 9.94. The number of fused-ring (bicyclic) bond motifs is 2. The summed E-state index contributed by atoms with van der Waals surface area (Å²) in [6.07, 6.45) is 4.00. The van der Waals surface area contributed by atoms with Gasteiger partial charge in [-0.15, -0.1) is 6.58 Å². The lowest BCUT2D eigenvalue weighted by molar-refractivity contribution is -0.0413. The summed E-state index contributed by atoms with van der Waals surface area (Å²) in [6, 6.07) is 5.63. The fourth-order valence-electron chi connectivity index (χ4n) is 5.32. The van der Waals surface area contributed by atoms with Crippen LogP contribution in [0.15, 0.2) is 47.9 Å². The molecule has 2 aliphatic rings. The second kappa shape index (κ2) is 9.06. The van der Waals surface area contributed by atoms with Gasteiger partial charge in [0.05, 0.1) is 20.8 Å². The van der Waals surface area contributed by atoms with Crippen LogP contribution >= 0.6 is 11.6 Å². The average molecular weight is 510 g/mol. The molecule has 2 saturated carbocycles. The van der Waals surface area contributed by atoms with Crippen molar-refractivity contribution in [2.45, 2.75) is 54.8 Å². The summed E-state index contributed by atoms with van der Waals surface area (Å²) in [6.45, 7) is 5.44. The number of allylic oxidation sites excluding steroid dienone is 1. The van der Waals surface area contributed by atoms with Gasteiger partial charge in [0, 0.05) is 17.3 Å². The summed E-state index contributed by atoms with van der Waals surface area (Å²) in [5.74, 6) is -3.07. The quantitative estimate of drug-likeness (QED) is 0.517. The SMILES string of the molecule is C=CCc1cc(Cl)c(S(=O)(=O)C2CC3CC[C@H](C2)C3(C)O)cc1C(=O)Nc1ccc(F)c(F)c1. The number of anilines is 1. The van der Waals surface area contributed by atoms with E-state index in [2.05, 4.69) is 11.9 Å². The van der Waals surface area contributed by atoms with Gasteiger partial charge < -0.3 is 10.4 Å². The molecule has 34 heavy (non-hydrogen) atoms. The van der Waals surface area contributed by atoms with Gasteiger partial charge in [-0.25, -0.2) is 17.2 Å². The first kappa shape index (κ1) is 24.8. The number of rotatable bonds is 6. The van der Waals surface area contributed by atoms with Crippen LogP contribution in [-0.4, -0.2) is 30.3 Å². The smallest absolute Gasteiger partial charge is 0.255 e. The highest BCUT2D eigenvalue weighted by atomic mass is 35.5. The zero-order valence-electron chi connectivity index (χ0n) is 18.7. The molecule has 4 atom stereocenters. The van der Waals surface area contributed by atoms with Crippen molar-refractivity contribution < 1.29 is 27.1 Å². The largest absolute Gasteiger partial charge is 0.390 e. The maximum atomic E-state index is 13.6. The number of halogens is 3. The van der Waals surface area contributed by atoms with Crippen molar-refractivity contribution in [3.63, 3.8) is 0 Å². The minimum absolute atomic E-state index is 0.00547. The second-order valence-electron chi connectivity index (χ2n) is 9.35. The van der Waals surface area contributed by atoms with Crippen LogP contribution < -0.4 is 5.32 Å². The summed E-state index contributed by atoms with van der Waals surface area (Å²) < 4.78 is 54.0. The average Bonchev–Trinajstić information content (AvgIpc) is 2.93. The first-order valence-corrected chi connectivity index (χ1v) is 13.0. The van der Waals surface area contributed by atoms with E-state index in [0.717, 1.165) is 25.0 Å². The van der Waals surface area contributed by atoms with Gasteiger partial charge >= 0.3 is 0 Å². The molecule has 2 N–H and O–H groups in total. The van der Waals surface area contributed by atoms with Gasteiger partial charge in [0.15, 0.2) is 21.5 Å². The van der Waals surface area contributed by atoms with Crippen LogP contribution in [0.1, 0.15) is 48.5 Å². The minimum Gasteiger partial charge on any atom is -0.390 e. The third kappa shape index (κ3) is 4.39. The molecule has 182 valence electrons. The van der Waals surface area contributed by atoms with E-state index in [1.165, 1.54) is 18.2 Å². The number of nitrogens with one attached hydrogen (secondary N) is 1. The molecule has 4 rings (SSSR count). The lowest BCUT2D eigenvalue weighted by atomic mass is 9.76. The molecule has 0 aromatic heterocycles. The number of benzene rings is 2. The van der Waals surface area contributed by atoms with E-state index in [0.29, 0.717) is 18.4 Å². The summed E-state index contributed by atoms with van der Waals surface area (Å²) >= 11 is 6.40. The molecule has 3 unspecified atom stereocenters. The van der Waals surface area contributed by atoms with E-state index in [4.69, 9.17) is 11.6 Å². The Morgan fingerprint density at radius 3 is 2.44 bits per heavy atom. The summed E-state index contributed by atoms with van der Waals surface area (Å²) in [5, 5.41) is 12.5. The predicted octanol–water partition coefficient (Wildman–Crippen LogP) is 5.31. The van der Waals surface area contributed by atoms with Crippen LogP contribution in [0.25, 0.3) is 0 Å². The van der Waals surface area contributed by atoms with Crippen molar-refractivity contribution in [1.82, 2.24) is 0 Å². The summed E-state index contributed by atoms with van der Waals surface area (Å²) in [4.78, 5) is 12.9. The van der Waals surface area contributed by atoms with Crippen molar-refractivity contribution >= 4 is 33.0 Å². The topological polar surface area (TPSA) is 83.5 Å². The summed E-state index contributed by atoms with van der Waals surface area (Å²) in [7, 11) is -3.90. The second-order valence-corrected chi connectivity index (χ2v) is 12.0. The van der Waals surface area contributed by atoms with Gasteiger partial charge in [0.25, 0.3) is 5.91 Å². The Bertz CT molecular complexity index is 1250. The van der Waals surface area contributed by atoms with Crippen LogP contribution in [0, 0.1) is 23.5 Å². The van der Waals surface area contributed by atoms with Gasteiger partial charge in [0.1, 0.15) is 0 Å². The molecule has 1 amide bonds. The highest BCUT2D eigenvalue weighted by Crippen LogP contribution is 2.51. The Hall–Kier alpha value is -2.29. The number of hydrogen-bond donors (Lipinski definition) is 2. The summed E-state index contributed by atoms with van der Waals surface area (Å²) in [5.41, 5.74) is -0.345. The van der Waals surface area contributed by atoms with E-state index in [9.17, 15) is 27.1 Å². The lowest BCUT2D eigenvalue weighted by Gasteiger charge is -2.40. The van der Waals surface area contributed by atoms with Crippen LogP contribution in [-0.2, 0) is 16.3 Å². The Kier molecular flexibility index (Phi) is 6.61. The minimum atomic E-state index is -3.90. The van der Waals surface area contributed by atoms with Gasteiger partial charge in [-0.1, -0.05) is 17.7 Å². The predicted molar refractivity (Wildman–Crippen MR) is 127 cm³/mol. The van der Waals surface area contributed by atoms with Crippen LogP contribution in [0.5, 0.6) is 0 Å². The molecule has 2 bridgehead atoms. The number of amides is 1. The number of sulfone groups is 1. The van der Waals surface area contributed by atoms with Crippen molar-refractivity contribution in [3.05, 3.63) is 70.8 Å². The Labute approximate surface area is 202 Å². The molecule has 9 heteroatoms. The monoisotopic (exact) mass is 509 g/mol. The number of carbonyl (C=O) groups is 1. The van der Waals surface area contributed by atoms with Gasteiger partial charge in [0.2, 0.25) is 0 Å². The molecule has 2 aromatic carbocycles. The Morgan fingerprint density at radius 2 is 1.85 bits per heavy atom. The van der Waals surface area contributed by atoms with Gasteiger partial charge in [-0.2, -0.15) is 0 Å². The van der Waals surface area contributed by atoms with Crippen molar-refractivity contribution in [2.75, 3.05) is 5.32 Å². The number of hydrogen-bond acceptors (Lipinski definition) is 4. The zero-order valence-corrected chi connectivity index (χ0v) is 20.2. The molecule has 0 spiro atoms. The third-order valence-electron chi connectivity index (χ3n) is 7.30. The Morgan fingerprint density at radius 1 is 1.21 bits per heavy atom.